The predicted molar refractivity (Wildman–Crippen MR) is 96.3 cm³/mol. The molecule has 3 heteroatoms. The summed E-state index contributed by atoms with van der Waals surface area (Å²) in [4.78, 5) is 0. The highest BCUT2D eigenvalue weighted by molar-refractivity contribution is 5.95. The van der Waals surface area contributed by atoms with Crippen molar-refractivity contribution in [1.29, 1.82) is 5.26 Å². The van der Waals surface area contributed by atoms with Crippen molar-refractivity contribution < 1.29 is 4.74 Å². The van der Waals surface area contributed by atoms with Crippen LogP contribution in [0.3, 0.4) is 0 Å². The number of hydrogen-bond donors (Lipinski definition) is 0. The van der Waals surface area contributed by atoms with Gasteiger partial charge in [-0.05, 0) is 43.9 Å². The molecule has 0 spiro atoms. The van der Waals surface area contributed by atoms with Gasteiger partial charge in [-0.2, -0.15) is 5.26 Å². The number of nitrogens with zero attached hydrogens (tertiary/aromatic N) is 2. The van der Waals surface area contributed by atoms with Crippen LogP contribution in [0.15, 0.2) is 42.5 Å². The molecule has 1 heterocycles. The topological polar surface area (TPSA) is 37.9 Å². The minimum absolute atomic E-state index is 0.470. The maximum atomic E-state index is 9.85. The Kier molecular flexibility index (Phi) is 3.54. The molecule has 24 heavy (non-hydrogen) atoms. The van der Waals surface area contributed by atoms with Crippen molar-refractivity contribution in [2.45, 2.75) is 32.2 Å². The van der Waals surface area contributed by atoms with Crippen molar-refractivity contribution in [2.75, 3.05) is 7.11 Å². The van der Waals surface area contributed by atoms with E-state index in [1.807, 2.05) is 12.1 Å². The summed E-state index contributed by atoms with van der Waals surface area (Å²) < 4.78 is 7.78. The Morgan fingerprint density at radius 3 is 2.46 bits per heavy atom. The molecule has 1 saturated carbocycles. The number of methoxy groups -OCH3 is 1. The fourth-order valence-corrected chi connectivity index (χ4v) is 3.55. The average Bonchev–Trinajstić information content (AvgIpc) is 2.87. The van der Waals surface area contributed by atoms with Gasteiger partial charge >= 0.3 is 0 Å². The summed E-state index contributed by atoms with van der Waals surface area (Å²) in [6, 6.07) is 17.4. The van der Waals surface area contributed by atoms with Gasteiger partial charge in [0.05, 0.1) is 23.9 Å². The van der Waals surface area contributed by atoms with Crippen molar-refractivity contribution in [2.24, 2.45) is 0 Å². The van der Waals surface area contributed by atoms with Gasteiger partial charge in [0.2, 0.25) is 0 Å². The molecule has 1 aliphatic rings. The lowest BCUT2D eigenvalue weighted by Gasteiger charge is -2.30. The van der Waals surface area contributed by atoms with Gasteiger partial charge in [-0.25, -0.2) is 0 Å². The number of nitriles is 1. The fraction of sp³-hybridized carbons (Fsp3) is 0.286. The molecule has 120 valence electrons. The minimum Gasteiger partial charge on any atom is -0.497 e. The third-order valence-corrected chi connectivity index (χ3v) is 5.09. The van der Waals surface area contributed by atoms with Crippen molar-refractivity contribution in [1.82, 2.24) is 4.57 Å². The van der Waals surface area contributed by atoms with Gasteiger partial charge in [0.25, 0.3) is 0 Å². The summed E-state index contributed by atoms with van der Waals surface area (Å²) in [6.45, 7) is 2.08. The summed E-state index contributed by atoms with van der Waals surface area (Å²) in [7, 11) is 1.68. The van der Waals surface area contributed by atoms with Crippen LogP contribution in [0.25, 0.3) is 22.2 Å². The number of rotatable bonds is 3. The lowest BCUT2D eigenvalue weighted by atomic mass is 9.92. The molecule has 4 rings (SSSR count). The van der Waals surface area contributed by atoms with Crippen molar-refractivity contribution in [3.8, 4) is 23.1 Å². The Morgan fingerprint density at radius 1 is 1.12 bits per heavy atom. The van der Waals surface area contributed by atoms with E-state index in [0.717, 1.165) is 33.5 Å². The smallest absolute Gasteiger partial charge is 0.120 e. The van der Waals surface area contributed by atoms with Crippen LogP contribution in [0.5, 0.6) is 5.75 Å². The minimum atomic E-state index is 0.470. The molecule has 0 atom stereocenters. The van der Waals surface area contributed by atoms with Crippen LogP contribution in [-0.4, -0.2) is 11.7 Å². The first-order valence-electron chi connectivity index (χ1n) is 8.42. The first kappa shape index (κ1) is 14.8. The second-order valence-corrected chi connectivity index (χ2v) is 6.54. The van der Waals surface area contributed by atoms with E-state index in [9.17, 15) is 5.26 Å². The maximum Gasteiger partial charge on any atom is 0.120 e. The Labute approximate surface area is 142 Å². The molecule has 0 aliphatic heterocycles. The van der Waals surface area contributed by atoms with Crippen LogP contribution in [0.2, 0.25) is 0 Å². The molecule has 0 saturated heterocycles. The van der Waals surface area contributed by atoms with E-state index in [4.69, 9.17) is 4.74 Å². The molecular formula is C21H20N2O. The van der Waals surface area contributed by atoms with Crippen LogP contribution < -0.4 is 4.74 Å². The summed E-state index contributed by atoms with van der Waals surface area (Å²) in [5.41, 5.74) is 5.25. The van der Waals surface area contributed by atoms with E-state index in [1.165, 1.54) is 24.8 Å². The van der Waals surface area contributed by atoms with Gasteiger partial charge in [0, 0.05) is 17.5 Å². The Morgan fingerprint density at radius 2 is 1.88 bits per heavy atom. The van der Waals surface area contributed by atoms with E-state index in [2.05, 4.69) is 47.9 Å². The second-order valence-electron chi connectivity index (χ2n) is 6.54. The van der Waals surface area contributed by atoms with Crippen LogP contribution in [0.4, 0.5) is 0 Å². The van der Waals surface area contributed by atoms with Gasteiger partial charge < -0.3 is 9.30 Å². The molecule has 0 N–H and O–H groups in total. The number of aromatic nitrogens is 1. The highest BCUT2D eigenvalue weighted by Gasteiger charge is 2.27. The lowest BCUT2D eigenvalue weighted by molar-refractivity contribution is 0.324. The fourth-order valence-electron chi connectivity index (χ4n) is 3.55. The molecule has 0 radical (unpaired) electrons. The molecule has 2 aromatic carbocycles. The number of hydrogen-bond acceptors (Lipinski definition) is 2. The second kappa shape index (κ2) is 5.72. The van der Waals surface area contributed by atoms with Crippen LogP contribution >= 0.6 is 0 Å². The molecule has 0 unspecified atom stereocenters. The highest BCUT2D eigenvalue weighted by Crippen LogP contribution is 2.43. The molecule has 0 bridgehead atoms. The standard InChI is InChI=1S/C21H20N2O/c1-14-6-8-15(9-7-14)21-19(13-22)18-11-10-17(24-2)12-20(18)23(21)16-4-3-5-16/h6-12,16H,3-5H2,1-2H3. The number of aryl methyl sites for hydroxylation is 1. The molecule has 1 aromatic heterocycles. The van der Waals surface area contributed by atoms with E-state index in [1.54, 1.807) is 7.11 Å². The van der Waals surface area contributed by atoms with E-state index < -0.39 is 0 Å². The van der Waals surface area contributed by atoms with Crippen LogP contribution in [-0.2, 0) is 0 Å². The summed E-state index contributed by atoms with van der Waals surface area (Å²) in [5, 5.41) is 10.9. The molecule has 3 nitrogen and oxygen atoms in total. The third-order valence-electron chi connectivity index (χ3n) is 5.09. The molecule has 1 aliphatic carbocycles. The number of ether oxygens (including phenoxy) is 1. The van der Waals surface area contributed by atoms with Gasteiger partial charge in [0.15, 0.2) is 0 Å². The zero-order valence-electron chi connectivity index (χ0n) is 14.0. The largest absolute Gasteiger partial charge is 0.497 e. The zero-order valence-corrected chi connectivity index (χ0v) is 14.0. The van der Waals surface area contributed by atoms with Gasteiger partial charge in [-0.15, -0.1) is 0 Å². The zero-order chi connectivity index (χ0) is 16.7. The summed E-state index contributed by atoms with van der Waals surface area (Å²) >= 11 is 0. The quantitative estimate of drug-likeness (QED) is 0.664. The number of benzene rings is 2. The Balaban J connectivity index is 2.06. The average molecular weight is 316 g/mol. The van der Waals surface area contributed by atoms with Crippen molar-refractivity contribution >= 4 is 10.9 Å². The van der Waals surface area contributed by atoms with Crippen LogP contribution in [0.1, 0.15) is 36.4 Å². The predicted octanol–water partition coefficient (Wildman–Crippen LogP) is 5.22. The highest BCUT2D eigenvalue weighted by atomic mass is 16.5. The van der Waals surface area contributed by atoms with Crippen molar-refractivity contribution in [3.05, 3.63) is 53.6 Å². The molecule has 3 aromatic rings. The van der Waals surface area contributed by atoms with E-state index >= 15 is 0 Å². The van der Waals surface area contributed by atoms with Crippen molar-refractivity contribution in [3.63, 3.8) is 0 Å². The Bertz CT molecular complexity index is 941. The molecule has 1 fully saturated rings. The molecule has 0 amide bonds. The van der Waals surface area contributed by atoms with E-state index in [0.29, 0.717) is 6.04 Å². The summed E-state index contributed by atoms with van der Waals surface area (Å²) in [5.74, 6) is 0.834. The van der Waals surface area contributed by atoms with Crippen LogP contribution in [0, 0.1) is 18.3 Å². The maximum absolute atomic E-state index is 9.85. The summed E-state index contributed by atoms with van der Waals surface area (Å²) in [6.07, 6.45) is 3.60. The monoisotopic (exact) mass is 316 g/mol. The Hall–Kier alpha value is -2.73. The molecular weight excluding hydrogens is 296 g/mol. The first-order valence-corrected chi connectivity index (χ1v) is 8.42. The SMILES string of the molecule is COc1ccc2c(C#N)c(-c3ccc(C)cc3)n(C3CCC3)c2c1. The third kappa shape index (κ3) is 2.18. The lowest BCUT2D eigenvalue weighted by Crippen LogP contribution is -2.17. The van der Waals surface area contributed by atoms with E-state index in [-0.39, 0.29) is 0 Å². The van der Waals surface area contributed by atoms with Gasteiger partial charge in [-0.1, -0.05) is 29.8 Å². The van der Waals surface area contributed by atoms with Gasteiger partial charge in [-0.3, -0.25) is 0 Å². The first-order chi connectivity index (χ1) is 11.7. The normalized spacial score (nSPS) is 14.4. The van der Waals surface area contributed by atoms with Gasteiger partial charge in [0.1, 0.15) is 11.8 Å². The number of fused-ring (bicyclic) bond motifs is 1.